The van der Waals surface area contributed by atoms with Gasteiger partial charge in [-0.2, -0.15) is 5.10 Å². The molecule has 0 saturated heterocycles. The van der Waals surface area contributed by atoms with Gasteiger partial charge < -0.3 is 0 Å². The largest absolute Gasteiger partial charge is 0.278 e. The highest BCUT2D eigenvalue weighted by Gasteiger charge is 2.25. The van der Waals surface area contributed by atoms with Gasteiger partial charge in [0.25, 0.3) is 5.91 Å². The lowest BCUT2D eigenvalue weighted by atomic mass is 10.2. The van der Waals surface area contributed by atoms with Crippen molar-refractivity contribution in [1.82, 2.24) is 14.8 Å². The summed E-state index contributed by atoms with van der Waals surface area (Å²) in [5, 5.41) is 5.16. The van der Waals surface area contributed by atoms with Crippen LogP contribution in [-0.4, -0.2) is 20.7 Å². The zero-order valence-electron chi connectivity index (χ0n) is 16.9. The van der Waals surface area contributed by atoms with Gasteiger partial charge in [-0.15, -0.1) is 0 Å². The fourth-order valence-corrected chi connectivity index (χ4v) is 4.41. The Morgan fingerprint density at radius 2 is 1.86 bits per heavy atom. The number of rotatable bonds is 6. The first kappa shape index (κ1) is 19.3. The Bertz CT molecular complexity index is 1150. The van der Waals surface area contributed by atoms with E-state index in [0.29, 0.717) is 23.9 Å². The van der Waals surface area contributed by atoms with Crippen LogP contribution in [0.5, 0.6) is 0 Å². The molecule has 0 aliphatic heterocycles. The third-order valence-electron chi connectivity index (χ3n) is 4.93. The molecule has 0 fully saturated rings. The zero-order valence-corrected chi connectivity index (χ0v) is 17.7. The van der Waals surface area contributed by atoms with Crippen LogP contribution in [0.15, 0.2) is 54.6 Å². The molecule has 0 saturated carbocycles. The average molecular weight is 405 g/mol. The number of hydrogen-bond acceptors (Lipinski definition) is 4. The van der Waals surface area contributed by atoms with Gasteiger partial charge in [-0.1, -0.05) is 54.7 Å². The van der Waals surface area contributed by atoms with Crippen LogP contribution in [0.25, 0.3) is 10.2 Å². The van der Waals surface area contributed by atoms with Gasteiger partial charge in [-0.3, -0.25) is 14.4 Å². The summed E-state index contributed by atoms with van der Waals surface area (Å²) in [6.45, 7) is 7.16. The van der Waals surface area contributed by atoms with Gasteiger partial charge in [0.2, 0.25) is 0 Å². The van der Waals surface area contributed by atoms with Crippen molar-refractivity contribution in [2.75, 3.05) is 4.90 Å². The van der Waals surface area contributed by atoms with E-state index in [1.165, 1.54) is 5.56 Å². The highest BCUT2D eigenvalue weighted by molar-refractivity contribution is 7.22. The van der Waals surface area contributed by atoms with E-state index < -0.39 is 0 Å². The summed E-state index contributed by atoms with van der Waals surface area (Å²) in [5.74, 6) is -0.0777. The van der Waals surface area contributed by atoms with Crippen molar-refractivity contribution in [3.63, 3.8) is 0 Å². The van der Waals surface area contributed by atoms with E-state index in [-0.39, 0.29) is 5.91 Å². The summed E-state index contributed by atoms with van der Waals surface area (Å²) in [6, 6.07) is 18.2. The Morgan fingerprint density at radius 3 is 2.59 bits per heavy atom. The van der Waals surface area contributed by atoms with Crippen molar-refractivity contribution in [2.24, 2.45) is 0 Å². The normalized spacial score (nSPS) is 11.1. The molecular formula is C23H24N4OS. The second kappa shape index (κ2) is 8.17. The Labute approximate surface area is 174 Å². The second-order valence-corrected chi connectivity index (χ2v) is 8.02. The monoisotopic (exact) mass is 404 g/mol. The van der Waals surface area contributed by atoms with E-state index >= 15 is 0 Å². The molecule has 4 rings (SSSR count). The lowest BCUT2D eigenvalue weighted by Gasteiger charge is -2.20. The van der Waals surface area contributed by atoms with Crippen LogP contribution in [-0.2, 0) is 19.5 Å². The van der Waals surface area contributed by atoms with Gasteiger partial charge in [0.15, 0.2) is 5.13 Å². The number of benzene rings is 2. The molecular weight excluding hydrogens is 380 g/mol. The molecule has 1 amide bonds. The first-order chi connectivity index (χ1) is 14.1. The molecule has 0 aliphatic rings. The fourth-order valence-electron chi connectivity index (χ4n) is 3.38. The van der Waals surface area contributed by atoms with Crippen LogP contribution in [0, 0.1) is 6.92 Å². The number of aromatic nitrogens is 3. The molecule has 0 bridgehead atoms. The first-order valence-electron chi connectivity index (χ1n) is 9.88. The highest BCUT2D eigenvalue weighted by atomic mass is 32.1. The molecule has 5 nitrogen and oxygen atoms in total. The van der Waals surface area contributed by atoms with Crippen molar-refractivity contribution < 1.29 is 4.79 Å². The van der Waals surface area contributed by atoms with Crippen LogP contribution < -0.4 is 4.90 Å². The van der Waals surface area contributed by atoms with Crippen LogP contribution in [0.3, 0.4) is 0 Å². The minimum Gasteiger partial charge on any atom is -0.278 e. The molecule has 4 aromatic rings. The molecule has 6 heteroatoms. The van der Waals surface area contributed by atoms with Gasteiger partial charge in [-0.25, -0.2) is 4.98 Å². The maximum Gasteiger partial charge on any atom is 0.278 e. The van der Waals surface area contributed by atoms with Gasteiger partial charge in [0.05, 0.1) is 22.5 Å². The van der Waals surface area contributed by atoms with Crippen molar-refractivity contribution in [3.8, 4) is 0 Å². The molecule has 0 aliphatic carbocycles. The van der Waals surface area contributed by atoms with E-state index in [9.17, 15) is 4.79 Å². The lowest BCUT2D eigenvalue weighted by Crippen LogP contribution is -2.32. The molecule has 148 valence electrons. The predicted molar refractivity (Wildman–Crippen MR) is 119 cm³/mol. The molecule has 2 aromatic heterocycles. The SMILES string of the molecule is CCc1ccc2nc(N(Cc3ccccc3)C(=O)c3cc(C)nn3CC)sc2c1. The third-order valence-corrected chi connectivity index (χ3v) is 5.97. The minimum absolute atomic E-state index is 0.0777. The maximum atomic E-state index is 13.6. The van der Waals surface area contributed by atoms with Crippen molar-refractivity contribution in [3.05, 3.63) is 77.1 Å². The Morgan fingerprint density at radius 1 is 1.07 bits per heavy atom. The summed E-state index contributed by atoms with van der Waals surface area (Å²) in [6.07, 6.45) is 0.977. The summed E-state index contributed by atoms with van der Waals surface area (Å²) in [4.78, 5) is 20.1. The molecule has 0 radical (unpaired) electrons. The minimum atomic E-state index is -0.0777. The Hall–Kier alpha value is -2.99. The number of nitrogens with zero attached hydrogens (tertiary/aromatic N) is 4. The van der Waals surface area contributed by atoms with Crippen molar-refractivity contribution in [1.29, 1.82) is 0 Å². The van der Waals surface area contributed by atoms with Gasteiger partial charge in [0.1, 0.15) is 5.69 Å². The summed E-state index contributed by atoms with van der Waals surface area (Å²) < 4.78 is 2.86. The quantitative estimate of drug-likeness (QED) is 0.442. The van der Waals surface area contributed by atoms with E-state index in [1.807, 2.05) is 56.3 Å². The number of amides is 1. The molecule has 2 aromatic carbocycles. The summed E-state index contributed by atoms with van der Waals surface area (Å²) >= 11 is 1.56. The number of carbonyl (C=O) groups is 1. The van der Waals surface area contributed by atoms with E-state index in [2.05, 4.69) is 24.2 Å². The topological polar surface area (TPSA) is 51.0 Å². The molecule has 2 heterocycles. The van der Waals surface area contributed by atoms with E-state index in [1.54, 1.807) is 20.9 Å². The van der Waals surface area contributed by atoms with Crippen LogP contribution >= 0.6 is 11.3 Å². The zero-order chi connectivity index (χ0) is 20.4. The Kier molecular flexibility index (Phi) is 5.45. The molecule has 0 spiro atoms. The lowest BCUT2D eigenvalue weighted by molar-refractivity contribution is 0.0975. The Balaban J connectivity index is 1.78. The molecule has 0 atom stereocenters. The van der Waals surface area contributed by atoms with Crippen molar-refractivity contribution in [2.45, 2.75) is 40.3 Å². The highest BCUT2D eigenvalue weighted by Crippen LogP contribution is 2.31. The maximum absolute atomic E-state index is 13.6. The van der Waals surface area contributed by atoms with Crippen LogP contribution in [0.1, 0.15) is 41.2 Å². The standard InChI is InChI=1S/C23H24N4OS/c1-4-17-11-12-19-21(14-17)29-23(24-19)26(15-18-9-7-6-8-10-18)22(28)20-13-16(3)25-27(20)5-2/h6-14H,4-5,15H2,1-3H3. The summed E-state index contributed by atoms with van der Waals surface area (Å²) in [5.41, 5.74) is 4.69. The molecule has 0 N–H and O–H groups in total. The average Bonchev–Trinajstić information content (AvgIpc) is 3.34. The first-order valence-corrected chi connectivity index (χ1v) is 10.7. The van der Waals surface area contributed by atoms with Gasteiger partial charge in [0, 0.05) is 6.54 Å². The number of aryl methyl sites for hydroxylation is 3. The number of hydrogen-bond donors (Lipinski definition) is 0. The van der Waals surface area contributed by atoms with E-state index in [0.717, 1.165) is 27.9 Å². The van der Waals surface area contributed by atoms with Crippen molar-refractivity contribution >= 4 is 32.6 Å². The van der Waals surface area contributed by atoms with Crippen LogP contribution in [0.2, 0.25) is 0 Å². The number of thiazole rings is 1. The number of fused-ring (bicyclic) bond motifs is 1. The third kappa shape index (κ3) is 3.93. The van der Waals surface area contributed by atoms with Gasteiger partial charge >= 0.3 is 0 Å². The second-order valence-electron chi connectivity index (χ2n) is 7.02. The van der Waals surface area contributed by atoms with Crippen LogP contribution in [0.4, 0.5) is 5.13 Å². The number of carbonyl (C=O) groups excluding carboxylic acids is 1. The molecule has 0 unspecified atom stereocenters. The molecule has 29 heavy (non-hydrogen) atoms. The smallest absolute Gasteiger partial charge is 0.278 e. The number of anilines is 1. The van der Waals surface area contributed by atoms with E-state index in [4.69, 9.17) is 4.98 Å². The predicted octanol–water partition coefficient (Wildman–Crippen LogP) is 5.23. The summed E-state index contributed by atoms with van der Waals surface area (Å²) in [7, 11) is 0. The fraction of sp³-hybridized carbons (Fsp3) is 0.261. The van der Waals surface area contributed by atoms with Gasteiger partial charge in [-0.05, 0) is 49.6 Å².